The molecule has 2 atom stereocenters. The highest BCUT2D eigenvalue weighted by Crippen LogP contribution is 2.28. The quantitative estimate of drug-likeness (QED) is 0.638. The molecule has 0 aromatic carbocycles. The molecule has 0 saturated carbocycles. The fraction of sp³-hybridized carbons (Fsp3) is 1.00. The molecule has 98 valence electrons. The van der Waals surface area contributed by atoms with Gasteiger partial charge in [0.05, 0.1) is 0 Å². The van der Waals surface area contributed by atoms with Crippen LogP contribution in [0.1, 0.15) is 73.6 Å². The molecule has 0 aromatic heterocycles. The maximum Gasteiger partial charge on any atom is 0.0118 e. The van der Waals surface area contributed by atoms with Gasteiger partial charge in [0.2, 0.25) is 0 Å². The second kappa shape index (κ2) is 8.11. The zero-order chi connectivity index (χ0) is 12.6. The fourth-order valence-electron chi connectivity index (χ4n) is 2.30. The molecule has 0 aliphatic carbocycles. The van der Waals surface area contributed by atoms with Gasteiger partial charge in [0.25, 0.3) is 0 Å². The van der Waals surface area contributed by atoms with Gasteiger partial charge in [-0.3, -0.25) is 0 Å². The molecule has 0 amide bonds. The van der Waals surface area contributed by atoms with Crippen LogP contribution in [0.15, 0.2) is 0 Å². The van der Waals surface area contributed by atoms with E-state index in [4.69, 9.17) is 0 Å². The van der Waals surface area contributed by atoms with Crippen molar-refractivity contribution in [2.24, 2.45) is 11.3 Å². The lowest BCUT2D eigenvalue weighted by atomic mass is 9.79. The Balaban J connectivity index is 4.23. The normalized spacial score (nSPS) is 16.1. The highest BCUT2D eigenvalue weighted by atomic mass is 14.9. The zero-order valence-electron chi connectivity index (χ0n) is 12.4. The fourth-order valence-corrected chi connectivity index (χ4v) is 2.30. The molecule has 0 rings (SSSR count). The van der Waals surface area contributed by atoms with Gasteiger partial charge in [0.1, 0.15) is 0 Å². The summed E-state index contributed by atoms with van der Waals surface area (Å²) in [5.74, 6) is 0.906. The Morgan fingerprint density at radius 1 is 1.06 bits per heavy atom. The van der Waals surface area contributed by atoms with E-state index in [-0.39, 0.29) is 0 Å². The predicted octanol–water partition coefficient (Wildman–Crippen LogP) is 4.62. The Morgan fingerprint density at radius 2 is 1.69 bits per heavy atom. The van der Waals surface area contributed by atoms with Gasteiger partial charge in [-0.1, -0.05) is 67.2 Å². The van der Waals surface area contributed by atoms with Crippen LogP contribution in [0, 0.1) is 11.3 Å². The first-order chi connectivity index (χ1) is 7.45. The minimum absolute atomic E-state index is 0.385. The van der Waals surface area contributed by atoms with Gasteiger partial charge in [-0.2, -0.15) is 0 Å². The standard InChI is InChI=1S/C15H33N/c1-7-10-11-13(8-2)12-14(16-9-3)15(4,5)6/h13-14,16H,7-12H2,1-6H3. The molecule has 0 aliphatic heterocycles. The number of hydrogen-bond donors (Lipinski definition) is 1. The summed E-state index contributed by atoms with van der Waals surface area (Å²) in [6.45, 7) is 15.0. The summed E-state index contributed by atoms with van der Waals surface area (Å²) in [5.41, 5.74) is 0.385. The lowest BCUT2D eigenvalue weighted by molar-refractivity contribution is 0.219. The van der Waals surface area contributed by atoms with Crippen LogP contribution in [0.25, 0.3) is 0 Å². The lowest BCUT2D eigenvalue weighted by Gasteiger charge is -2.34. The van der Waals surface area contributed by atoms with E-state index in [2.05, 4.69) is 46.9 Å². The van der Waals surface area contributed by atoms with E-state index < -0.39 is 0 Å². The Hall–Kier alpha value is -0.0400. The number of nitrogens with one attached hydrogen (secondary N) is 1. The van der Waals surface area contributed by atoms with Gasteiger partial charge >= 0.3 is 0 Å². The molecule has 1 nitrogen and oxygen atoms in total. The summed E-state index contributed by atoms with van der Waals surface area (Å²) in [6.07, 6.45) is 6.80. The first-order valence-corrected chi connectivity index (χ1v) is 7.19. The van der Waals surface area contributed by atoms with E-state index >= 15 is 0 Å². The molecule has 1 heteroatoms. The van der Waals surface area contributed by atoms with Crippen molar-refractivity contribution < 1.29 is 0 Å². The van der Waals surface area contributed by atoms with Gasteiger partial charge in [-0.25, -0.2) is 0 Å². The van der Waals surface area contributed by atoms with Crippen molar-refractivity contribution in [2.75, 3.05) is 6.54 Å². The van der Waals surface area contributed by atoms with Crippen LogP contribution >= 0.6 is 0 Å². The van der Waals surface area contributed by atoms with E-state index in [0.717, 1.165) is 12.5 Å². The SMILES string of the molecule is CCCCC(CC)CC(NCC)C(C)(C)C. The van der Waals surface area contributed by atoms with Crippen molar-refractivity contribution in [1.29, 1.82) is 0 Å². The zero-order valence-corrected chi connectivity index (χ0v) is 12.4. The van der Waals surface area contributed by atoms with Crippen LogP contribution in [-0.4, -0.2) is 12.6 Å². The molecule has 0 spiro atoms. The summed E-state index contributed by atoms with van der Waals surface area (Å²) in [7, 11) is 0. The van der Waals surface area contributed by atoms with E-state index in [0.29, 0.717) is 11.5 Å². The van der Waals surface area contributed by atoms with Crippen LogP contribution in [-0.2, 0) is 0 Å². The minimum atomic E-state index is 0.385. The van der Waals surface area contributed by atoms with Gasteiger partial charge in [0.15, 0.2) is 0 Å². The van der Waals surface area contributed by atoms with Crippen LogP contribution in [0.3, 0.4) is 0 Å². The van der Waals surface area contributed by atoms with Crippen LogP contribution in [0.5, 0.6) is 0 Å². The third kappa shape index (κ3) is 6.52. The summed E-state index contributed by atoms with van der Waals surface area (Å²) in [4.78, 5) is 0. The average molecular weight is 227 g/mol. The van der Waals surface area contributed by atoms with Crippen LogP contribution in [0.4, 0.5) is 0 Å². The van der Waals surface area contributed by atoms with Crippen molar-refractivity contribution in [3.05, 3.63) is 0 Å². The molecule has 0 aromatic rings. The minimum Gasteiger partial charge on any atom is -0.314 e. The number of unbranched alkanes of at least 4 members (excludes halogenated alkanes) is 1. The molecule has 0 heterocycles. The smallest absolute Gasteiger partial charge is 0.0118 e. The third-order valence-electron chi connectivity index (χ3n) is 3.61. The second-order valence-corrected chi connectivity index (χ2v) is 6.13. The number of rotatable bonds is 8. The Labute approximate surface area is 103 Å². The van der Waals surface area contributed by atoms with E-state index in [9.17, 15) is 0 Å². The molecular formula is C15H33N. The molecule has 1 N–H and O–H groups in total. The monoisotopic (exact) mass is 227 g/mol. The maximum atomic E-state index is 3.66. The van der Waals surface area contributed by atoms with Crippen molar-refractivity contribution >= 4 is 0 Å². The van der Waals surface area contributed by atoms with Crippen molar-refractivity contribution in [2.45, 2.75) is 79.7 Å². The molecule has 2 unspecified atom stereocenters. The summed E-state index contributed by atoms with van der Waals surface area (Å²) in [5, 5.41) is 3.66. The van der Waals surface area contributed by atoms with E-state index in [1.54, 1.807) is 0 Å². The molecule has 0 bridgehead atoms. The molecular weight excluding hydrogens is 194 g/mol. The summed E-state index contributed by atoms with van der Waals surface area (Å²) >= 11 is 0. The Kier molecular flexibility index (Phi) is 8.09. The summed E-state index contributed by atoms with van der Waals surface area (Å²) < 4.78 is 0. The van der Waals surface area contributed by atoms with E-state index in [1.807, 2.05) is 0 Å². The first-order valence-electron chi connectivity index (χ1n) is 7.19. The number of hydrogen-bond acceptors (Lipinski definition) is 1. The van der Waals surface area contributed by atoms with Gasteiger partial charge in [-0.15, -0.1) is 0 Å². The third-order valence-corrected chi connectivity index (χ3v) is 3.61. The molecule has 16 heavy (non-hydrogen) atoms. The largest absolute Gasteiger partial charge is 0.314 e. The predicted molar refractivity (Wildman–Crippen MR) is 74.8 cm³/mol. The van der Waals surface area contributed by atoms with Crippen LogP contribution < -0.4 is 5.32 Å². The van der Waals surface area contributed by atoms with Gasteiger partial charge < -0.3 is 5.32 Å². The topological polar surface area (TPSA) is 12.0 Å². The average Bonchev–Trinajstić information content (AvgIpc) is 2.21. The van der Waals surface area contributed by atoms with Crippen LogP contribution in [0.2, 0.25) is 0 Å². The lowest BCUT2D eigenvalue weighted by Crippen LogP contribution is -2.41. The highest BCUT2D eigenvalue weighted by molar-refractivity contribution is 4.82. The molecule has 0 aliphatic rings. The second-order valence-electron chi connectivity index (χ2n) is 6.13. The Morgan fingerprint density at radius 3 is 2.06 bits per heavy atom. The maximum absolute atomic E-state index is 3.66. The molecule has 0 radical (unpaired) electrons. The van der Waals surface area contributed by atoms with Gasteiger partial charge in [0, 0.05) is 6.04 Å². The molecule has 0 saturated heterocycles. The Bertz CT molecular complexity index is 157. The van der Waals surface area contributed by atoms with E-state index in [1.165, 1.54) is 32.1 Å². The summed E-state index contributed by atoms with van der Waals surface area (Å²) in [6, 6.07) is 0.666. The van der Waals surface area contributed by atoms with Crippen molar-refractivity contribution in [3.63, 3.8) is 0 Å². The van der Waals surface area contributed by atoms with Gasteiger partial charge in [-0.05, 0) is 24.3 Å². The first kappa shape index (κ1) is 16.0. The van der Waals surface area contributed by atoms with Crippen molar-refractivity contribution in [3.8, 4) is 0 Å². The highest BCUT2D eigenvalue weighted by Gasteiger charge is 2.25. The van der Waals surface area contributed by atoms with Crippen molar-refractivity contribution in [1.82, 2.24) is 5.32 Å². The molecule has 0 fully saturated rings.